The third-order valence-corrected chi connectivity index (χ3v) is 5.32. The molecule has 2 heterocycles. The van der Waals surface area contributed by atoms with Crippen LogP contribution in [0.3, 0.4) is 0 Å². The molecule has 0 spiro atoms. The van der Waals surface area contributed by atoms with Crippen molar-refractivity contribution in [3.8, 4) is 0 Å². The van der Waals surface area contributed by atoms with Gasteiger partial charge in [0.15, 0.2) is 0 Å². The summed E-state index contributed by atoms with van der Waals surface area (Å²) in [7, 11) is 0. The van der Waals surface area contributed by atoms with E-state index in [1.165, 1.54) is 0 Å². The number of imide groups is 1. The molecule has 0 bridgehead atoms. The highest BCUT2D eigenvalue weighted by Gasteiger charge is 2.33. The first-order chi connectivity index (χ1) is 14.5. The van der Waals surface area contributed by atoms with Crippen LogP contribution < -0.4 is 5.32 Å². The van der Waals surface area contributed by atoms with E-state index in [0.717, 1.165) is 12.1 Å². The molecule has 2 aliphatic heterocycles. The fourth-order valence-corrected chi connectivity index (χ4v) is 3.85. The van der Waals surface area contributed by atoms with Crippen LogP contribution in [0.15, 0.2) is 12.1 Å². The molecule has 1 N–H and O–H groups in total. The molecule has 3 amide bonds. The van der Waals surface area contributed by atoms with Gasteiger partial charge in [0.05, 0.1) is 5.92 Å². The van der Waals surface area contributed by atoms with Crippen molar-refractivity contribution in [3.05, 3.63) is 34.9 Å². The van der Waals surface area contributed by atoms with Crippen molar-refractivity contribution < 1.29 is 27.9 Å². The van der Waals surface area contributed by atoms with Gasteiger partial charge in [0.1, 0.15) is 17.2 Å². The molecule has 0 aromatic heterocycles. The first-order valence-electron chi connectivity index (χ1n) is 10.9. The minimum Gasteiger partial charge on any atom is -0.444 e. The first kappa shape index (κ1) is 24.8. The maximum atomic E-state index is 14.8. The van der Waals surface area contributed by atoms with Crippen LogP contribution in [-0.2, 0) is 14.3 Å². The van der Waals surface area contributed by atoms with E-state index in [9.17, 15) is 23.2 Å². The summed E-state index contributed by atoms with van der Waals surface area (Å²) in [6.45, 7) is 10.2. The molecule has 31 heavy (non-hydrogen) atoms. The van der Waals surface area contributed by atoms with E-state index in [0.29, 0.717) is 25.9 Å². The standard InChI is InChI=1S/C21H26F2N2O4.C2H6/c1-21(2,3)29-20(28)25-8-6-12(7-9-25)14-10-17(23)15(11-16(14)22)13-4-5-18(26)24-19(13)27;1-2/h10-13H,4-9H2,1-3H3,(H,24,26,27);1-2H3. The SMILES string of the molecule is CC.CC(C)(C)OC(=O)N1CCC(c2cc(F)c(C3CCC(=O)NC3=O)cc2F)CC1. The lowest BCUT2D eigenvalue weighted by Gasteiger charge is -2.34. The van der Waals surface area contributed by atoms with Crippen molar-refractivity contribution in [2.45, 2.75) is 77.7 Å². The van der Waals surface area contributed by atoms with Crippen LogP contribution >= 0.6 is 0 Å². The molecule has 1 unspecified atom stereocenters. The second-order valence-corrected chi connectivity index (χ2v) is 8.64. The Morgan fingerprint density at radius 1 is 1.03 bits per heavy atom. The van der Waals surface area contributed by atoms with E-state index in [4.69, 9.17) is 4.74 Å². The summed E-state index contributed by atoms with van der Waals surface area (Å²) in [6.07, 6.45) is 0.841. The van der Waals surface area contributed by atoms with Crippen LogP contribution in [0.5, 0.6) is 0 Å². The zero-order valence-corrected chi connectivity index (χ0v) is 18.9. The number of ether oxygens (including phenoxy) is 1. The highest BCUT2D eigenvalue weighted by molar-refractivity contribution is 6.00. The predicted molar refractivity (Wildman–Crippen MR) is 113 cm³/mol. The number of carbonyl (C=O) groups is 3. The number of amides is 3. The van der Waals surface area contributed by atoms with Gasteiger partial charge in [0.25, 0.3) is 0 Å². The lowest BCUT2D eigenvalue weighted by molar-refractivity contribution is -0.134. The Balaban J connectivity index is 0.00000166. The van der Waals surface area contributed by atoms with E-state index in [1.54, 1.807) is 25.7 Å². The van der Waals surface area contributed by atoms with E-state index in [1.807, 2.05) is 13.8 Å². The maximum Gasteiger partial charge on any atom is 0.410 e. The van der Waals surface area contributed by atoms with Gasteiger partial charge in [-0.2, -0.15) is 0 Å². The number of likely N-dealkylation sites (tertiary alicyclic amines) is 1. The van der Waals surface area contributed by atoms with E-state index in [-0.39, 0.29) is 29.9 Å². The van der Waals surface area contributed by atoms with E-state index in [2.05, 4.69) is 5.32 Å². The Hall–Kier alpha value is -2.51. The van der Waals surface area contributed by atoms with Crippen molar-refractivity contribution in [2.75, 3.05) is 13.1 Å². The lowest BCUT2D eigenvalue weighted by Crippen LogP contribution is -2.41. The van der Waals surface area contributed by atoms with Gasteiger partial charge in [0, 0.05) is 25.1 Å². The fraction of sp³-hybridized carbons (Fsp3) is 0.609. The normalized spacial score (nSPS) is 20.0. The average Bonchev–Trinajstić information content (AvgIpc) is 2.70. The van der Waals surface area contributed by atoms with Gasteiger partial charge in [-0.05, 0) is 63.6 Å². The molecule has 8 heteroatoms. The number of benzene rings is 1. The van der Waals surface area contributed by atoms with Gasteiger partial charge < -0.3 is 9.64 Å². The van der Waals surface area contributed by atoms with Gasteiger partial charge in [-0.15, -0.1) is 0 Å². The molecule has 0 saturated carbocycles. The molecule has 1 atom stereocenters. The Morgan fingerprint density at radius 3 is 2.13 bits per heavy atom. The molecule has 1 aromatic rings. The van der Waals surface area contributed by atoms with Gasteiger partial charge in [-0.25, -0.2) is 13.6 Å². The maximum absolute atomic E-state index is 14.8. The molecular weight excluding hydrogens is 406 g/mol. The molecule has 2 aliphatic rings. The van der Waals surface area contributed by atoms with Crippen molar-refractivity contribution in [3.63, 3.8) is 0 Å². The summed E-state index contributed by atoms with van der Waals surface area (Å²) in [4.78, 5) is 37.0. The van der Waals surface area contributed by atoms with Gasteiger partial charge >= 0.3 is 6.09 Å². The van der Waals surface area contributed by atoms with Crippen molar-refractivity contribution in [1.29, 1.82) is 0 Å². The van der Waals surface area contributed by atoms with Gasteiger partial charge in [-0.1, -0.05) is 13.8 Å². The molecule has 2 saturated heterocycles. The summed E-state index contributed by atoms with van der Waals surface area (Å²) in [5.41, 5.74) is -0.362. The second-order valence-electron chi connectivity index (χ2n) is 8.64. The summed E-state index contributed by atoms with van der Waals surface area (Å²) < 4.78 is 34.8. The zero-order valence-electron chi connectivity index (χ0n) is 18.9. The number of hydrogen-bond donors (Lipinski definition) is 1. The highest BCUT2D eigenvalue weighted by Crippen LogP contribution is 2.35. The molecule has 3 rings (SSSR count). The first-order valence-corrected chi connectivity index (χ1v) is 10.9. The van der Waals surface area contributed by atoms with Crippen LogP contribution in [0, 0.1) is 11.6 Å². The van der Waals surface area contributed by atoms with E-state index < -0.39 is 41.1 Å². The lowest BCUT2D eigenvalue weighted by atomic mass is 9.85. The number of piperidine rings is 2. The average molecular weight is 439 g/mol. The summed E-state index contributed by atoms with van der Waals surface area (Å²) >= 11 is 0. The van der Waals surface area contributed by atoms with E-state index >= 15 is 0 Å². The molecule has 6 nitrogen and oxygen atoms in total. The minimum absolute atomic E-state index is 0.0255. The molecule has 2 fully saturated rings. The number of nitrogens with zero attached hydrogens (tertiary/aromatic N) is 1. The third-order valence-electron chi connectivity index (χ3n) is 5.32. The second kappa shape index (κ2) is 10.2. The highest BCUT2D eigenvalue weighted by atomic mass is 19.1. The summed E-state index contributed by atoms with van der Waals surface area (Å²) in [6, 6.07) is 2.23. The van der Waals surface area contributed by atoms with Crippen molar-refractivity contribution in [1.82, 2.24) is 10.2 Å². The summed E-state index contributed by atoms with van der Waals surface area (Å²) in [5.74, 6) is -3.31. The van der Waals surface area contributed by atoms with Crippen LogP contribution in [0.25, 0.3) is 0 Å². The van der Waals surface area contributed by atoms with Crippen molar-refractivity contribution in [2.24, 2.45) is 0 Å². The minimum atomic E-state index is -0.870. The zero-order chi connectivity index (χ0) is 23.3. The third kappa shape index (κ3) is 6.24. The topological polar surface area (TPSA) is 75.7 Å². The smallest absolute Gasteiger partial charge is 0.410 e. The van der Waals surface area contributed by atoms with Crippen molar-refractivity contribution >= 4 is 17.9 Å². The summed E-state index contributed by atoms with van der Waals surface area (Å²) in [5, 5.41) is 2.17. The Kier molecular flexibility index (Phi) is 8.14. The van der Waals surface area contributed by atoms with Crippen LogP contribution in [0.4, 0.5) is 13.6 Å². The molecule has 0 aliphatic carbocycles. The number of rotatable bonds is 2. The predicted octanol–water partition coefficient (Wildman–Crippen LogP) is 4.63. The van der Waals surface area contributed by atoms with Gasteiger partial charge in [-0.3, -0.25) is 14.9 Å². The fourth-order valence-electron chi connectivity index (χ4n) is 3.85. The van der Waals surface area contributed by atoms with Gasteiger partial charge in [0.2, 0.25) is 11.8 Å². The number of nitrogens with one attached hydrogen (secondary N) is 1. The monoisotopic (exact) mass is 438 g/mol. The molecule has 1 aromatic carbocycles. The Bertz CT molecular complexity index is 828. The largest absolute Gasteiger partial charge is 0.444 e. The molecule has 0 radical (unpaired) electrons. The molecular formula is C23H32F2N2O4. The Morgan fingerprint density at radius 2 is 1.58 bits per heavy atom. The number of carbonyl (C=O) groups excluding carboxylic acids is 3. The number of hydrogen-bond acceptors (Lipinski definition) is 4. The van der Waals surface area contributed by atoms with Crippen LogP contribution in [-0.4, -0.2) is 41.5 Å². The Labute approximate surface area is 182 Å². The number of halogens is 2. The van der Waals surface area contributed by atoms with Crippen LogP contribution in [0.1, 0.15) is 83.3 Å². The van der Waals surface area contributed by atoms with Crippen LogP contribution in [0.2, 0.25) is 0 Å². The molecule has 172 valence electrons. The quantitative estimate of drug-likeness (QED) is 0.684.